The average Bonchev–Trinajstić information content (AvgIpc) is 2.47. The molecule has 7 heteroatoms. The molecule has 0 bridgehead atoms. The SMILES string of the molecule is Cc1cccc(N/C=C(/C#N)C(=O)N(CCO)CCO)n1. The third kappa shape index (κ3) is 5.22. The van der Waals surface area contributed by atoms with Gasteiger partial charge in [0.2, 0.25) is 0 Å². The predicted octanol–water partition coefficient (Wildman–Crippen LogP) is 0.0226. The summed E-state index contributed by atoms with van der Waals surface area (Å²) in [5.74, 6) is -0.0350. The normalized spacial score (nSPS) is 10.9. The molecule has 0 atom stereocenters. The molecular formula is C14H18N4O3. The molecule has 0 aliphatic heterocycles. The van der Waals surface area contributed by atoms with Crippen LogP contribution in [0.25, 0.3) is 0 Å². The molecule has 3 N–H and O–H groups in total. The van der Waals surface area contributed by atoms with Crippen molar-refractivity contribution in [1.29, 1.82) is 5.26 Å². The molecule has 0 aliphatic rings. The zero-order chi connectivity index (χ0) is 15.7. The molecule has 0 spiro atoms. The van der Waals surface area contributed by atoms with Crippen molar-refractivity contribution in [3.8, 4) is 6.07 Å². The van der Waals surface area contributed by atoms with Gasteiger partial charge in [-0.15, -0.1) is 0 Å². The van der Waals surface area contributed by atoms with Gasteiger partial charge in [-0.2, -0.15) is 5.26 Å². The summed E-state index contributed by atoms with van der Waals surface area (Å²) in [6.45, 7) is 1.46. The maximum atomic E-state index is 12.1. The van der Waals surface area contributed by atoms with Gasteiger partial charge in [0, 0.05) is 25.0 Å². The van der Waals surface area contributed by atoms with Crippen molar-refractivity contribution in [2.45, 2.75) is 6.92 Å². The number of nitriles is 1. The van der Waals surface area contributed by atoms with Crippen LogP contribution < -0.4 is 5.32 Å². The first-order valence-electron chi connectivity index (χ1n) is 6.43. The van der Waals surface area contributed by atoms with E-state index in [2.05, 4.69) is 10.3 Å². The molecule has 21 heavy (non-hydrogen) atoms. The van der Waals surface area contributed by atoms with Crippen LogP contribution in [0.15, 0.2) is 30.0 Å². The van der Waals surface area contributed by atoms with E-state index in [4.69, 9.17) is 15.5 Å². The number of nitrogens with zero attached hydrogens (tertiary/aromatic N) is 3. The highest BCUT2D eigenvalue weighted by Gasteiger charge is 2.17. The van der Waals surface area contributed by atoms with E-state index in [9.17, 15) is 4.79 Å². The standard InChI is InChI=1S/C14H18N4O3/c1-11-3-2-4-13(17-11)16-10-12(9-15)14(21)18(5-7-19)6-8-20/h2-4,10,19-20H,5-8H2,1H3,(H,16,17)/b12-10-. The molecule has 1 amide bonds. The van der Waals surface area contributed by atoms with Crippen LogP contribution in [0.4, 0.5) is 5.82 Å². The van der Waals surface area contributed by atoms with E-state index in [1.165, 1.54) is 11.1 Å². The fraction of sp³-hybridized carbons (Fsp3) is 0.357. The molecule has 1 heterocycles. The third-order valence-corrected chi connectivity index (χ3v) is 2.63. The summed E-state index contributed by atoms with van der Waals surface area (Å²) < 4.78 is 0. The number of hydrogen-bond donors (Lipinski definition) is 3. The summed E-state index contributed by atoms with van der Waals surface area (Å²) in [5.41, 5.74) is 0.681. The van der Waals surface area contributed by atoms with Gasteiger partial charge < -0.3 is 20.4 Å². The zero-order valence-electron chi connectivity index (χ0n) is 11.8. The number of pyridine rings is 1. The van der Waals surface area contributed by atoms with Crippen molar-refractivity contribution < 1.29 is 15.0 Å². The summed E-state index contributed by atoms with van der Waals surface area (Å²) >= 11 is 0. The summed E-state index contributed by atoms with van der Waals surface area (Å²) in [6, 6.07) is 7.14. The van der Waals surface area contributed by atoms with Gasteiger partial charge >= 0.3 is 0 Å². The van der Waals surface area contributed by atoms with E-state index in [-0.39, 0.29) is 31.9 Å². The van der Waals surface area contributed by atoms with Gasteiger partial charge in [0.1, 0.15) is 17.5 Å². The third-order valence-electron chi connectivity index (χ3n) is 2.63. The van der Waals surface area contributed by atoms with Crippen molar-refractivity contribution in [3.05, 3.63) is 35.7 Å². The van der Waals surface area contributed by atoms with Crippen molar-refractivity contribution in [3.63, 3.8) is 0 Å². The number of aromatic nitrogens is 1. The quantitative estimate of drug-likeness (QED) is 0.482. The molecular weight excluding hydrogens is 272 g/mol. The highest BCUT2D eigenvalue weighted by molar-refractivity contribution is 5.97. The van der Waals surface area contributed by atoms with Crippen molar-refractivity contribution in [1.82, 2.24) is 9.88 Å². The first kappa shape index (κ1) is 16.6. The van der Waals surface area contributed by atoms with Crippen molar-refractivity contribution >= 4 is 11.7 Å². The Kier molecular flexibility index (Phi) is 6.87. The number of rotatable bonds is 7. The number of carbonyl (C=O) groups excluding carboxylic acids is 1. The van der Waals surface area contributed by atoms with Crippen LogP contribution in [-0.2, 0) is 4.79 Å². The molecule has 0 aromatic carbocycles. The number of anilines is 1. The molecule has 0 saturated heterocycles. The van der Waals surface area contributed by atoms with Crippen molar-refractivity contribution in [2.75, 3.05) is 31.6 Å². The summed E-state index contributed by atoms with van der Waals surface area (Å²) in [5, 5.41) is 29.7. The van der Waals surface area contributed by atoms with Crippen LogP contribution in [0.1, 0.15) is 5.69 Å². The Morgan fingerprint density at radius 3 is 2.62 bits per heavy atom. The minimum atomic E-state index is -0.555. The summed E-state index contributed by atoms with van der Waals surface area (Å²) in [4.78, 5) is 17.5. The minimum Gasteiger partial charge on any atom is -0.395 e. The Hall–Kier alpha value is -2.43. The van der Waals surface area contributed by atoms with Gasteiger partial charge in [0.05, 0.1) is 13.2 Å². The maximum Gasteiger partial charge on any atom is 0.266 e. The zero-order valence-corrected chi connectivity index (χ0v) is 11.8. The first-order chi connectivity index (χ1) is 10.1. The van der Waals surface area contributed by atoms with Crippen molar-refractivity contribution in [2.24, 2.45) is 0 Å². The number of nitrogens with one attached hydrogen (secondary N) is 1. The van der Waals surface area contributed by atoms with Gasteiger partial charge in [0.15, 0.2) is 0 Å². The summed E-state index contributed by atoms with van der Waals surface area (Å²) in [6.07, 6.45) is 1.27. The molecule has 1 aromatic heterocycles. The second-order valence-corrected chi connectivity index (χ2v) is 4.22. The van der Waals surface area contributed by atoms with Gasteiger partial charge in [-0.05, 0) is 19.1 Å². The van der Waals surface area contributed by atoms with Crippen LogP contribution >= 0.6 is 0 Å². The Morgan fingerprint density at radius 1 is 1.43 bits per heavy atom. The lowest BCUT2D eigenvalue weighted by Crippen LogP contribution is -2.36. The molecule has 0 unspecified atom stereocenters. The lowest BCUT2D eigenvalue weighted by molar-refractivity contribution is -0.127. The van der Waals surface area contributed by atoms with Crippen LogP contribution in [0.5, 0.6) is 0 Å². The lowest BCUT2D eigenvalue weighted by Gasteiger charge is -2.19. The molecule has 0 aliphatic carbocycles. The first-order valence-corrected chi connectivity index (χ1v) is 6.43. The molecule has 1 rings (SSSR count). The topological polar surface area (TPSA) is 109 Å². The second kappa shape index (κ2) is 8.68. The number of aliphatic hydroxyl groups excluding tert-OH is 2. The second-order valence-electron chi connectivity index (χ2n) is 4.22. The maximum absolute atomic E-state index is 12.1. The average molecular weight is 290 g/mol. The minimum absolute atomic E-state index is 0.0567. The molecule has 0 radical (unpaired) electrons. The largest absolute Gasteiger partial charge is 0.395 e. The van der Waals surface area contributed by atoms with E-state index in [0.29, 0.717) is 5.82 Å². The number of aryl methyl sites for hydroxylation is 1. The monoisotopic (exact) mass is 290 g/mol. The van der Waals surface area contributed by atoms with Crippen LogP contribution in [-0.4, -0.2) is 52.3 Å². The number of aliphatic hydroxyl groups is 2. The number of hydrogen-bond acceptors (Lipinski definition) is 6. The Morgan fingerprint density at radius 2 is 2.10 bits per heavy atom. The lowest BCUT2D eigenvalue weighted by atomic mass is 10.2. The molecule has 0 saturated carbocycles. The van der Waals surface area contributed by atoms with E-state index >= 15 is 0 Å². The van der Waals surface area contributed by atoms with Gasteiger partial charge in [-0.25, -0.2) is 4.98 Å². The van der Waals surface area contributed by atoms with E-state index in [0.717, 1.165) is 5.69 Å². The summed E-state index contributed by atoms with van der Waals surface area (Å²) in [7, 11) is 0. The molecule has 1 aromatic rings. The van der Waals surface area contributed by atoms with E-state index in [1.807, 2.05) is 13.0 Å². The van der Waals surface area contributed by atoms with E-state index in [1.54, 1.807) is 18.2 Å². The smallest absolute Gasteiger partial charge is 0.266 e. The van der Waals surface area contributed by atoms with Gasteiger partial charge in [-0.1, -0.05) is 6.07 Å². The van der Waals surface area contributed by atoms with Crippen LogP contribution in [0.2, 0.25) is 0 Å². The Balaban J connectivity index is 2.83. The fourth-order valence-electron chi connectivity index (χ4n) is 1.64. The molecule has 112 valence electrons. The Bertz CT molecular complexity index is 545. The fourth-order valence-corrected chi connectivity index (χ4v) is 1.64. The van der Waals surface area contributed by atoms with Crippen LogP contribution in [0, 0.1) is 18.3 Å². The van der Waals surface area contributed by atoms with Gasteiger partial charge in [-0.3, -0.25) is 4.79 Å². The van der Waals surface area contributed by atoms with Gasteiger partial charge in [0.25, 0.3) is 5.91 Å². The van der Waals surface area contributed by atoms with Crippen LogP contribution in [0.3, 0.4) is 0 Å². The number of amides is 1. The molecule has 0 fully saturated rings. The van der Waals surface area contributed by atoms with E-state index < -0.39 is 5.91 Å². The number of carbonyl (C=O) groups is 1. The highest BCUT2D eigenvalue weighted by atomic mass is 16.3. The highest BCUT2D eigenvalue weighted by Crippen LogP contribution is 2.06. The predicted molar refractivity (Wildman–Crippen MR) is 77.0 cm³/mol. The Labute approximate surface area is 123 Å². The molecule has 7 nitrogen and oxygen atoms in total.